The molecule has 0 rings (SSSR count). The molecular weight excluding hydrogens is 1200 g/mol. The summed E-state index contributed by atoms with van der Waals surface area (Å²) in [6.07, 6.45) is 47.7. The molecule has 540 valence electrons. The molecule has 0 aromatic carbocycles. The zero-order chi connectivity index (χ0) is 67.3. The van der Waals surface area contributed by atoms with E-state index in [4.69, 9.17) is 37.0 Å². The second-order valence-corrected chi connectivity index (χ2v) is 30.1. The molecule has 17 nitrogen and oxygen atoms in total. The Bertz CT molecular complexity index is 1790. The van der Waals surface area contributed by atoms with E-state index in [1.165, 1.54) is 167 Å². The van der Waals surface area contributed by atoms with Gasteiger partial charge in [-0.1, -0.05) is 312 Å². The van der Waals surface area contributed by atoms with Crippen molar-refractivity contribution in [2.75, 3.05) is 39.6 Å². The minimum Gasteiger partial charge on any atom is -0.462 e. The number of aliphatic hydroxyl groups is 1. The minimum absolute atomic E-state index is 0.102. The van der Waals surface area contributed by atoms with Crippen LogP contribution >= 0.6 is 15.6 Å². The molecule has 0 aliphatic heterocycles. The van der Waals surface area contributed by atoms with Crippen LogP contribution in [-0.4, -0.2) is 96.7 Å². The van der Waals surface area contributed by atoms with Crippen molar-refractivity contribution in [3.8, 4) is 0 Å². The van der Waals surface area contributed by atoms with E-state index in [9.17, 15) is 43.2 Å². The maximum absolute atomic E-state index is 13.0. The standard InChI is InChI=1S/C72H140O17P2/c1-8-10-11-12-13-14-15-16-17-18-19-20-21-22-23-24-25-26-31-41-48-55-71(76)88-67(59-82-69(74)53-46-39-30-28-27-29-36-43-50-63(3)4)61-86-90(78,79)84-57-66(73)58-85-91(80,81)87-62-68(60-83-70(75)54-47-40-34-32-37-44-51-64(5)6)89-72(77)56-49-42-35-33-38-45-52-65(7)9-2/h63-68,73H,8-62H2,1-7H3,(H,78,79)(H,80,81)/t65?,66-,67-,68-/m1/s1. The van der Waals surface area contributed by atoms with E-state index in [0.29, 0.717) is 31.6 Å². The van der Waals surface area contributed by atoms with Gasteiger partial charge in [0.25, 0.3) is 0 Å². The summed E-state index contributed by atoms with van der Waals surface area (Å²) in [6, 6.07) is 0. The van der Waals surface area contributed by atoms with Crippen LogP contribution in [0.5, 0.6) is 0 Å². The van der Waals surface area contributed by atoms with E-state index in [2.05, 4.69) is 48.5 Å². The second kappa shape index (κ2) is 62.8. The van der Waals surface area contributed by atoms with Crippen LogP contribution in [0.2, 0.25) is 0 Å². The lowest BCUT2D eigenvalue weighted by molar-refractivity contribution is -0.161. The molecule has 0 aromatic rings. The zero-order valence-electron chi connectivity index (χ0n) is 59.3. The number of rotatable bonds is 70. The Kier molecular flexibility index (Phi) is 61.5. The van der Waals surface area contributed by atoms with Crippen molar-refractivity contribution in [3.63, 3.8) is 0 Å². The molecule has 0 aromatic heterocycles. The molecule has 0 aliphatic carbocycles. The average Bonchev–Trinajstić information content (AvgIpc) is 3.69. The van der Waals surface area contributed by atoms with E-state index in [-0.39, 0.29) is 25.7 Å². The number of hydrogen-bond acceptors (Lipinski definition) is 15. The van der Waals surface area contributed by atoms with Gasteiger partial charge in [-0.15, -0.1) is 0 Å². The fourth-order valence-corrected chi connectivity index (χ4v) is 12.4. The molecule has 0 saturated heterocycles. The van der Waals surface area contributed by atoms with Crippen molar-refractivity contribution < 1.29 is 80.2 Å². The third kappa shape index (κ3) is 65.1. The molecular formula is C72H140O17P2. The number of aliphatic hydroxyl groups excluding tert-OH is 1. The van der Waals surface area contributed by atoms with Crippen molar-refractivity contribution in [3.05, 3.63) is 0 Å². The summed E-state index contributed by atoms with van der Waals surface area (Å²) >= 11 is 0. The van der Waals surface area contributed by atoms with Crippen LogP contribution in [0.25, 0.3) is 0 Å². The minimum atomic E-state index is -4.95. The lowest BCUT2D eigenvalue weighted by Crippen LogP contribution is -2.30. The van der Waals surface area contributed by atoms with Crippen molar-refractivity contribution in [1.29, 1.82) is 0 Å². The number of phosphoric acid groups is 2. The molecule has 0 saturated carbocycles. The Morgan fingerprint density at radius 3 is 0.835 bits per heavy atom. The molecule has 91 heavy (non-hydrogen) atoms. The number of ether oxygens (including phenoxy) is 4. The third-order valence-corrected chi connectivity index (χ3v) is 18.9. The van der Waals surface area contributed by atoms with E-state index in [1.54, 1.807) is 0 Å². The molecule has 0 amide bonds. The first-order chi connectivity index (χ1) is 43.8. The number of unbranched alkanes of at least 4 members (excludes halogenated alkanes) is 37. The predicted octanol–water partition coefficient (Wildman–Crippen LogP) is 20.6. The first-order valence-corrected chi connectivity index (χ1v) is 40.4. The van der Waals surface area contributed by atoms with Gasteiger partial charge < -0.3 is 33.8 Å². The highest BCUT2D eigenvalue weighted by molar-refractivity contribution is 7.47. The molecule has 0 heterocycles. The fourth-order valence-electron chi connectivity index (χ4n) is 10.9. The molecule has 0 radical (unpaired) electrons. The summed E-state index contributed by atoms with van der Waals surface area (Å²) in [5.41, 5.74) is 0. The largest absolute Gasteiger partial charge is 0.472 e. The molecule has 0 spiro atoms. The molecule has 19 heteroatoms. The lowest BCUT2D eigenvalue weighted by atomic mass is 10.00. The number of carbonyl (C=O) groups is 4. The van der Waals surface area contributed by atoms with E-state index in [0.717, 1.165) is 108 Å². The number of carbonyl (C=O) groups excluding carboxylic acids is 4. The summed E-state index contributed by atoms with van der Waals surface area (Å²) in [5.74, 6) is -0.00580. The summed E-state index contributed by atoms with van der Waals surface area (Å²) in [7, 11) is -9.90. The van der Waals surface area contributed by atoms with Gasteiger partial charge in [0.05, 0.1) is 26.4 Å². The Labute approximate surface area is 556 Å². The summed E-state index contributed by atoms with van der Waals surface area (Å²) in [6.45, 7) is 11.7. The van der Waals surface area contributed by atoms with Crippen molar-refractivity contribution in [2.45, 2.75) is 381 Å². The number of phosphoric ester groups is 2. The lowest BCUT2D eigenvalue weighted by Gasteiger charge is -2.21. The summed E-state index contributed by atoms with van der Waals surface area (Å²) < 4.78 is 68.2. The maximum Gasteiger partial charge on any atom is 0.472 e. The van der Waals surface area contributed by atoms with Gasteiger partial charge >= 0.3 is 39.5 Å². The highest BCUT2D eigenvalue weighted by atomic mass is 31.2. The summed E-state index contributed by atoms with van der Waals surface area (Å²) in [5, 5.41) is 10.6. The van der Waals surface area contributed by atoms with Gasteiger partial charge in [-0.2, -0.15) is 0 Å². The monoisotopic (exact) mass is 1340 g/mol. The van der Waals surface area contributed by atoms with Gasteiger partial charge in [0.1, 0.15) is 19.3 Å². The Hall–Kier alpha value is -1.94. The van der Waals surface area contributed by atoms with Crippen LogP contribution < -0.4 is 0 Å². The zero-order valence-corrected chi connectivity index (χ0v) is 61.1. The Morgan fingerprint density at radius 1 is 0.319 bits per heavy atom. The summed E-state index contributed by atoms with van der Waals surface area (Å²) in [4.78, 5) is 72.5. The Morgan fingerprint density at radius 2 is 0.560 bits per heavy atom. The van der Waals surface area contributed by atoms with Crippen molar-refractivity contribution in [2.24, 2.45) is 17.8 Å². The van der Waals surface area contributed by atoms with Gasteiger partial charge in [0.2, 0.25) is 0 Å². The first kappa shape index (κ1) is 89.1. The quantitative estimate of drug-likeness (QED) is 0.0222. The van der Waals surface area contributed by atoms with Crippen LogP contribution in [-0.2, 0) is 65.4 Å². The van der Waals surface area contributed by atoms with Gasteiger partial charge in [0, 0.05) is 25.7 Å². The van der Waals surface area contributed by atoms with Gasteiger partial charge in [0.15, 0.2) is 12.2 Å². The SMILES string of the molecule is CCCCCCCCCCCCCCCCCCCCCCCC(=O)O[C@H](COC(=O)CCCCCCCCCCC(C)C)COP(=O)(O)OC[C@@H](O)COP(=O)(O)OC[C@@H](COC(=O)CCCCCCCCC(C)C)OC(=O)CCCCCCCCC(C)CC. The highest BCUT2D eigenvalue weighted by Gasteiger charge is 2.30. The van der Waals surface area contributed by atoms with E-state index >= 15 is 0 Å². The van der Waals surface area contributed by atoms with E-state index in [1.807, 2.05) is 0 Å². The highest BCUT2D eigenvalue weighted by Crippen LogP contribution is 2.45. The molecule has 0 bridgehead atoms. The topological polar surface area (TPSA) is 237 Å². The predicted molar refractivity (Wildman–Crippen MR) is 368 cm³/mol. The van der Waals surface area contributed by atoms with Crippen molar-refractivity contribution in [1.82, 2.24) is 0 Å². The van der Waals surface area contributed by atoms with Crippen molar-refractivity contribution >= 4 is 39.5 Å². The maximum atomic E-state index is 13.0. The third-order valence-electron chi connectivity index (χ3n) is 17.0. The molecule has 3 N–H and O–H groups in total. The Balaban J connectivity index is 5.16. The molecule has 0 aliphatic rings. The normalized spacial score (nSPS) is 14.5. The van der Waals surface area contributed by atoms with Crippen LogP contribution in [0.1, 0.15) is 363 Å². The fraction of sp³-hybridized carbons (Fsp3) is 0.944. The van der Waals surface area contributed by atoms with Crippen LogP contribution in [0.3, 0.4) is 0 Å². The molecule has 3 unspecified atom stereocenters. The number of hydrogen-bond donors (Lipinski definition) is 3. The van der Waals surface area contributed by atoms with Crippen LogP contribution in [0, 0.1) is 17.8 Å². The van der Waals surface area contributed by atoms with Gasteiger partial charge in [-0.3, -0.25) is 37.3 Å². The molecule has 0 fully saturated rings. The number of esters is 4. The van der Waals surface area contributed by atoms with Gasteiger partial charge in [-0.05, 0) is 43.4 Å². The van der Waals surface area contributed by atoms with Crippen LogP contribution in [0.15, 0.2) is 0 Å². The average molecular weight is 1340 g/mol. The van der Waals surface area contributed by atoms with E-state index < -0.39 is 97.5 Å². The smallest absolute Gasteiger partial charge is 0.462 e. The first-order valence-electron chi connectivity index (χ1n) is 37.4. The van der Waals surface area contributed by atoms with Gasteiger partial charge in [-0.25, -0.2) is 9.13 Å². The second-order valence-electron chi connectivity index (χ2n) is 27.2. The van der Waals surface area contributed by atoms with Crippen LogP contribution in [0.4, 0.5) is 0 Å². The molecule has 6 atom stereocenters.